The van der Waals surface area contributed by atoms with Crippen LogP contribution in [0, 0.1) is 11.3 Å². The smallest absolute Gasteiger partial charge is 0.411 e. The molecule has 5 rings (SSSR count). The van der Waals surface area contributed by atoms with E-state index in [-0.39, 0.29) is 52.7 Å². The van der Waals surface area contributed by atoms with Crippen molar-refractivity contribution in [3.63, 3.8) is 0 Å². The Balaban J connectivity index is 0.000000378. The number of likely N-dealkylation sites (tertiary alicyclic amines) is 3. The number of ether oxygens (including phenoxy) is 3. The topological polar surface area (TPSA) is 223 Å². The Morgan fingerprint density at radius 2 is 1.17 bits per heavy atom. The Morgan fingerprint density at radius 1 is 0.695 bits per heavy atom. The van der Waals surface area contributed by atoms with E-state index in [9.17, 15) is 29.2 Å². The average molecular weight is 841 g/mol. The third-order valence-corrected chi connectivity index (χ3v) is 11.9. The maximum Gasteiger partial charge on any atom is 0.411 e. The van der Waals surface area contributed by atoms with Crippen molar-refractivity contribution in [3.8, 4) is 6.07 Å². The molecule has 340 valence electrons. The molecule has 4 N–H and O–H groups in total. The predicted molar refractivity (Wildman–Crippen MR) is 222 cm³/mol. The van der Waals surface area contributed by atoms with E-state index >= 15 is 0 Å². The molecule has 0 radical (unpaired) electrons. The standard InChI is InChI=1S/C13H23NO4.C8H15NO2.C7H12N2O.2C7H13NO2/c1-12(2,3)18-11(16)14-9(10(15)17-6)7-8-13(14,4)5;1-6-4-5-7(9(6)2)8(10)11-3;1-7(2)4-3-6(5-8)9(7)10;1-7(2)4-3-5(8-7)6(9)10;1-5-3-4-6(7(9)10)8(5)2/h9H,7-8H2,1-6H3;6-7H,4-5H2,1-3H3;6,10H,3-4H2,1-2H3;5,8H,3-4H2,1-2H3,(H,9,10);5-6H,3-4H2,1-2H3,(H,9,10). The molecule has 17 nitrogen and oxygen atoms in total. The number of rotatable bonds is 4. The van der Waals surface area contributed by atoms with Gasteiger partial charge in [-0.2, -0.15) is 10.3 Å². The normalized spacial score (nSPS) is 29.4. The molecule has 59 heavy (non-hydrogen) atoms. The number of amides is 1. The number of esters is 2. The second kappa shape index (κ2) is 22.3. The number of nitriles is 1. The van der Waals surface area contributed by atoms with Gasteiger partial charge in [0.2, 0.25) is 0 Å². The summed E-state index contributed by atoms with van der Waals surface area (Å²) >= 11 is 0. The lowest BCUT2D eigenvalue weighted by Gasteiger charge is -2.35. The molecule has 0 spiro atoms. The van der Waals surface area contributed by atoms with E-state index in [1.807, 2.05) is 66.6 Å². The summed E-state index contributed by atoms with van der Waals surface area (Å²) in [6.07, 6.45) is 8.11. The van der Waals surface area contributed by atoms with Crippen molar-refractivity contribution in [2.24, 2.45) is 0 Å². The highest BCUT2D eigenvalue weighted by Crippen LogP contribution is 2.35. The molecule has 0 aromatic rings. The highest BCUT2D eigenvalue weighted by atomic mass is 16.6. The monoisotopic (exact) mass is 841 g/mol. The Kier molecular flexibility index (Phi) is 20.2. The van der Waals surface area contributed by atoms with Gasteiger partial charge in [0.05, 0.1) is 20.3 Å². The molecule has 5 heterocycles. The van der Waals surface area contributed by atoms with Gasteiger partial charge in [-0.05, 0) is 154 Å². The van der Waals surface area contributed by atoms with Crippen LogP contribution >= 0.6 is 0 Å². The van der Waals surface area contributed by atoms with E-state index in [4.69, 9.17) is 24.9 Å². The lowest BCUT2D eigenvalue weighted by Crippen LogP contribution is -2.51. The number of carboxylic acid groups (broad SMARTS) is 2. The first-order chi connectivity index (χ1) is 27.0. The molecule has 5 aliphatic rings. The minimum absolute atomic E-state index is 0.00463. The fraction of sp³-hybridized carbons (Fsp3) is 0.857. The number of carbonyl (C=O) groups is 5. The fourth-order valence-electron chi connectivity index (χ4n) is 7.73. The highest BCUT2D eigenvalue weighted by Gasteiger charge is 2.48. The van der Waals surface area contributed by atoms with Crippen LogP contribution in [0.5, 0.6) is 0 Å². The number of carboxylic acids is 2. The number of likely N-dealkylation sites (N-methyl/N-ethyl adjacent to an activating group) is 2. The summed E-state index contributed by atoms with van der Waals surface area (Å²) < 4.78 is 14.8. The van der Waals surface area contributed by atoms with Gasteiger partial charge in [-0.3, -0.25) is 34.4 Å². The van der Waals surface area contributed by atoms with Gasteiger partial charge in [0.25, 0.3) is 0 Å². The average Bonchev–Trinajstić information content (AvgIpc) is 3.92. The summed E-state index contributed by atoms with van der Waals surface area (Å²) in [5, 5.41) is 39.3. The summed E-state index contributed by atoms with van der Waals surface area (Å²) in [4.78, 5) is 61.5. The third kappa shape index (κ3) is 16.1. The molecule has 5 fully saturated rings. The zero-order valence-electron chi connectivity index (χ0n) is 38.5. The van der Waals surface area contributed by atoms with Crippen LogP contribution in [0.25, 0.3) is 0 Å². The van der Waals surface area contributed by atoms with E-state index < -0.39 is 29.7 Å². The molecule has 5 saturated heterocycles. The molecule has 0 aliphatic carbocycles. The molecule has 17 heteroatoms. The van der Waals surface area contributed by atoms with Gasteiger partial charge in [0.15, 0.2) is 0 Å². The zero-order chi connectivity index (χ0) is 45.8. The summed E-state index contributed by atoms with van der Waals surface area (Å²) in [7, 11) is 6.62. The number of nitrogens with zero attached hydrogens (tertiary/aromatic N) is 5. The van der Waals surface area contributed by atoms with Crippen molar-refractivity contribution in [2.45, 2.75) is 205 Å². The Hall–Kier alpha value is -3.56. The van der Waals surface area contributed by atoms with Gasteiger partial charge >= 0.3 is 30.0 Å². The molecule has 0 bridgehead atoms. The molecular formula is C42H76N6O11. The summed E-state index contributed by atoms with van der Waals surface area (Å²) in [5.41, 5.74) is -1.15. The van der Waals surface area contributed by atoms with Gasteiger partial charge in [-0.15, -0.1) is 0 Å². The third-order valence-electron chi connectivity index (χ3n) is 11.9. The number of hydroxylamine groups is 2. The van der Waals surface area contributed by atoms with E-state index in [2.05, 4.69) is 28.8 Å². The first-order valence-electron chi connectivity index (χ1n) is 20.7. The van der Waals surface area contributed by atoms with Crippen LogP contribution in [-0.4, -0.2) is 158 Å². The minimum atomic E-state index is -0.731. The number of aliphatic carboxylic acids is 2. The number of nitrogens with one attached hydrogen (secondary N) is 1. The van der Waals surface area contributed by atoms with E-state index in [0.29, 0.717) is 18.5 Å². The second-order valence-electron chi connectivity index (χ2n) is 19.1. The largest absolute Gasteiger partial charge is 0.480 e. The molecule has 0 saturated carbocycles. The number of methoxy groups -OCH3 is 2. The summed E-state index contributed by atoms with van der Waals surface area (Å²) in [6, 6.07) is 1.58. The summed E-state index contributed by atoms with van der Waals surface area (Å²) in [5.74, 6) is -1.90. The van der Waals surface area contributed by atoms with Crippen LogP contribution in [0.1, 0.15) is 140 Å². The Labute approximate surface area is 352 Å². The van der Waals surface area contributed by atoms with Gasteiger partial charge in [-0.25, -0.2) is 9.59 Å². The number of hydrogen-bond donors (Lipinski definition) is 4. The lowest BCUT2D eigenvalue weighted by atomic mass is 10.0. The van der Waals surface area contributed by atoms with Crippen molar-refractivity contribution in [1.82, 2.24) is 25.1 Å². The Bertz CT molecular complexity index is 1460. The molecule has 5 aliphatic heterocycles. The van der Waals surface area contributed by atoms with Gasteiger partial charge in [0.1, 0.15) is 35.8 Å². The van der Waals surface area contributed by atoms with Gasteiger partial charge in [0, 0.05) is 28.7 Å². The lowest BCUT2D eigenvalue weighted by molar-refractivity contribution is -0.151. The molecule has 7 atom stereocenters. The van der Waals surface area contributed by atoms with Gasteiger partial charge in [-0.1, -0.05) is 0 Å². The van der Waals surface area contributed by atoms with Crippen LogP contribution in [-0.2, 0) is 33.4 Å². The van der Waals surface area contributed by atoms with Crippen LogP contribution < -0.4 is 5.32 Å². The number of carbonyl (C=O) groups excluding carboxylic acids is 3. The predicted octanol–water partition coefficient (Wildman–Crippen LogP) is 5.28. The first kappa shape index (κ1) is 53.5. The molecule has 7 unspecified atom stereocenters. The quantitative estimate of drug-likeness (QED) is 0.209. The van der Waals surface area contributed by atoms with E-state index in [0.717, 1.165) is 62.9 Å². The maximum atomic E-state index is 12.2. The van der Waals surface area contributed by atoms with Crippen LogP contribution in [0.15, 0.2) is 0 Å². The maximum absolute atomic E-state index is 12.2. The SMILES string of the molecule is CC1(C)CCC(C#N)N1O.CC1(C)CCC(C(=O)O)N1.CC1CCC(C(=O)O)N1C.COC(=O)C1CCC(C)(C)N1C(=O)OC(C)(C)C.COC(=O)C1CCC(C)N1C. The molecule has 0 aromatic carbocycles. The number of hydrogen-bond acceptors (Lipinski definition) is 14. The van der Waals surface area contributed by atoms with Crippen molar-refractivity contribution in [1.29, 1.82) is 5.26 Å². The summed E-state index contributed by atoms with van der Waals surface area (Å²) in [6.45, 7) is 21.4. The molecular weight excluding hydrogens is 764 g/mol. The molecule has 0 aromatic heterocycles. The van der Waals surface area contributed by atoms with Crippen LogP contribution in [0.4, 0.5) is 4.79 Å². The zero-order valence-corrected chi connectivity index (χ0v) is 38.5. The minimum Gasteiger partial charge on any atom is -0.480 e. The molecule has 1 amide bonds. The van der Waals surface area contributed by atoms with Crippen molar-refractivity contribution in [3.05, 3.63) is 0 Å². The van der Waals surface area contributed by atoms with E-state index in [1.54, 1.807) is 20.8 Å². The first-order valence-corrected chi connectivity index (χ1v) is 20.7. The second-order valence-corrected chi connectivity index (χ2v) is 19.1. The van der Waals surface area contributed by atoms with E-state index in [1.165, 1.54) is 19.1 Å². The van der Waals surface area contributed by atoms with Crippen molar-refractivity contribution >= 4 is 30.0 Å². The van der Waals surface area contributed by atoms with Crippen LogP contribution in [0.2, 0.25) is 0 Å². The Morgan fingerprint density at radius 3 is 1.46 bits per heavy atom. The van der Waals surface area contributed by atoms with Gasteiger partial charge < -0.3 is 29.6 Å². The van der Waals surface area contributed by atoms with Crippen LogP contribution in [0.3, 0.4) is 0 Å². The van der Waals surface area contributed by atoms with Crippen molar-refractivity contribution in [2.75, 3.05) is 28.3 Å². The fourth-order valence-corrected chi connectivity index (χ4v) is 7.73. The van der Waals surface area contributed by atoms with Crippen molar-refractivity contribution < 1.29 is 53.6 Å². The highest BCUT2D eigenvalue weighted by molar-refractivity contribution is 5.83.